The lowest BCUT2D eigenvalue weighted by atomic mass is 10.1. The van der Waals surface area contributed by atoms with Gasteiger partial charge >= 0.3 is 0 Å². The van der Waals surface area contributed by atoms with Crippen LogP contribution in [0.4, 0.5) is 4.39 Å². The van der Waals surface area contributed by atoms with E-state index in [1.54, 1.807) is 12.1 Å². The van der Waals surface area contributed by atoms with Crippen molar-refractivity contribution in [2.24, 2.45) is 0 Å². The molecule has 104 valence electrons. The maximum absolute atomic E-state index is 12.7. The van der Waals surface area contributed by atoms with Crippen molar-refractivity contribution in [1.29, 1.82) is 0 Å². The molecule has 0 unspecified atom stereocenters. The van der Waals surface area contributed by atoms with Crippen molar-refractivity contribution in [3.63, 3.8) is 0 Å². The molecule has 1 saturated heterocycles. The molecule has 0 atom stereocenters. The van der Waals surface area contributed by atoms with Crippen LogP contribution >= 0.6 is 0 Å². The Hall–Kier alpha value is -1.27. The maximum atomic E-state index is 12.7. The number of sulfone groups is 1. The average Bonchev–Trinajstić information content (AvgIpc) is 2.35. The zero-order valence-electron chi connectivity index (χ0n) is 10.5. The van der Waals surface area contributed by atoms with Crippen molar-refractivity contribution in [2.75, 3.05) is 31.1 Å². The number of nitrogens with zero attached hydrogens (tertiary/aromatic N) is 1. The van der Waals surface area contributed by atoms with E-state index in [-0.39, 0.29) is 36.1 Å². The zero-order valence-corrected chi connectivity index (χ0v) is 11.3. The number of carbonyl (C=O) groups excluding carboxylic acids is 1. The third-order valence-corrected chi connectivity index (χ3v) is 4.76. The number of hydrogen-bond donors (Lipinski definition) is 0. The van der Waals surface area contributed by atoms with E-state index >= 15 is 0 Å². The third kappa shape index (κ3) is 4.40. The molecule has 0 radical (unpaired) electrons. The van der Waals surface area contributed by atoms with E-state index in [4.69, 9.17) is 0 Å². The standard InChI is InChI=1S/C13H16FNO3S/c14-12-3-1-11(2-4-12)9-13(16)10-15-5-7-19(17,18)8-6-15/h1-4H,5-10H2. The lowest BCUT2D eigenvalue weighted by Gasteiger charge is -2.25. The van der Waals surface area contributed by atoms with Crippen LogP contribution in [-0.2, 0) is 21.1 Å². The Labute approximate surface area is 112 Å². The van der Waals surface area contributed by atoms with Gasteiger partial charge in [0.2, 0.25) is 0 Å². The molecule has 1 aromatic rings. The molecule has 0 saturated carbocycles. The van der Waals surface area contributed by atoms with Gasteiger partial charge in [-0.2, -0.15) is 0 Å². The highest BCUT2D eigenvalue weighted by atomic mass is 32.2. The summed E-state index contributed by atoms with van der Waals surface area (Å²) in [5, 5.41) is 0. The predicted octanol–water partition coefficient (Wildman–Crippen LogP) is 0.668. The predicted molar refractivity (Wildman–Crippen MR) is 70.2 cm³/mol. The fourth-order valence-corrected chi connectivity index (χ4v) is 3.32. The van der Waals surface area contributed by atoms with Gasteiger partial charge in [-0.05, 0) is 17.7 Å². The third-order valence-electron chi connectivity index (χ3n) is 3.15. The zero-order chi connectivity index (χ0) is 13.9. The molecule has 0 aliphatic carbocycles. The molecule has 0 N–H and O–H groups in total. The van der Waals surface area contributed by atoms with Crippen LogP contribution in [0, 0.1) is 5.82 Å². The monoisotopic (exact) mass is 285 g/mol. The molecule has 4 nitrogen and oxygen atoms in total. The van der Waals surface area contributed by atoms with Crippen LogP contribution < -0.4 is 0 Å². The molecule has 0 aromatic heterocycles. The van der Waals surface area contributed by atoms with E-state index in [2.05, 4.69) is 0 Å². The molecule has 1 aromatic carbocycles. The van der Waals surface area contributed by atoms with Crippen LogP contribution in [-0.4, -0.2) is 50.2 Å². The summed E-state index contributed by atoms with van der Waals surface area (Å²) < 4.78 is 35.2. The van der Waals surface area contributed by atoms with Crippen molar-refractivity contribution in [2.45, 2.75) is 6.42 Å². The number of ketones is 1. The fourth-order valence-electron chi connectivity index (χ4n) is 2.04. The first-order valence-corrected chi connectivity index (χ1v) is 7.96. The Morgan fingerprint density at radius 1 is 1.16 bits per heavy atom. The van der Waals surface area contributed by atoms with Crippen molar-refractivity contribution in [3.8, 4) is 0 Å². The van der Waals surface area contributed by atoms with E-state index in [9.17, 15) is 17.6 Å². The summed E-state index contributed by atoms with van der Waals surface area (Å²) in [4.78, 5) is 13.7. The minimum Gasteiger partial charge on any atom is -0.298 e. The van der Waals surface area contributed by atoms with Crippen LogP contribution in [0.1, 0.15) is 5.56 Å². The second-order valence-corrected chi connectivity index (χ2v) is 7.07. The number of carbonyl (C=O) groups is 1. The molecule has 0 spiro atoms. The van der Waals surface area contributed by atoms with Crippen molar-refractivity contribution >= 4 is 15.6 Å². The Bertz CT molecular complexity index is 540. The number of halogens is 1. The summed E-state index contributed by atoms with van der Waals surface area (Å²) >= 11 is 0. The number of Topliss-reactive ketones (excluding diaryl/α,β-unsaturated/α-hetero) is 1. The highest BCUT2D eigenvalue weighted by molar-refractivity contribution is 7.91. The number of hydrogen-bond acceptors (Lipinski definition) is 4. The van der Waals surface area contributed by atoms with Gasteiger partial charge in [0, 0.05) is 19.5 Å². The van der Waals surface area contributed by atoms with Crippen LogP contribution in [0.3, 0.4) is 0 Å². The maximum Gasteiger partial charge on any atom is 0.152 e. The van der Waals surface area contributed by atoms with Crippen LogP contribution in [0.5, 0.6) is 0 Å². The van der Waals surface area contributed by atoms with Gasteiger partial charge in [-0.3, -0.25) is 9.69 Å². The van der Waals surface area contributed by atoms with Gasteiger partial charge in [-0.25, -0.2) is 12.8 Å². The fraction of sp³-hybridized carbons (Fsp3) is 0.462. The molecule has 1 heterocycles. The van der Waals surface area contributed by atoms with Crippen molar-refractivity contribution in [3.05, 3.63) is 35.6 Å². The first-order valence-electron chi connectivity index (χ1n) is 6.13. The molecule has 0 bridgehead atoms. The van der Waals surface area contributed by atoms with E-state index < -0.39 is 9.84 Å². The Balaban J connectivity index is 1.83. The SMILES string of the molecule is O=C(Cc1ccc(F)cc1)CN1CCS(=O)(=O)CC1. The first kappa shape index (κ1) is 14.1. The molecular formula is C13H16FNO3S. The van der Waals surface area contributed by atoms with Gasteiger partial charge in [0.15, 0.2) is 15.6 Å². The lowest BCUT2D eigenvalue weighted by molar-refractivity contribution is -0.119. The summed E-state index contributed by atoms with van der Waals surface area (Å²) in [6, 6.07) is 5.84. The number of benzene rings is 1. The van der Waals surface area contributed by atoms with Crippen molar-refractivity contribution in [1.82, 2.24) is 4.90 Å². The first-order chi connectivity index (χ1) is 8.94. The minimum atomic E-state index is -2.91. The minimum absolute atomic E-state index is 0.0194. The molecule has 1 aliphatic rings. The molecule has 1 fully saturated rings. The largest absolute Gasteiger partial charge is 0.298 e. The van der Waals surface area contributed by atoms with Gasteiger partial charge in [0.1, 0.15) is 5.82 Å². The van der Waals surface area contributed by atoms with E-state index in [1.807, 2.05) is 4.90 Å². The molecular weight excluding hydrogens is 269 g/mol. The topological polar surface area (TPSA) is 54.5 Å². The van der Waals surface area contributed by atoms with Crippen LogP contribution in [0.2, 0.25) is 0 Å². The quantitative estimate of drug-likeness (QED) is 0.816. The second kappa shape index (κ2) is 5.79. The highest BCUT2D eigenvalue weighted by Gasteiger charge is 2.22. The van der Waals surface area contributed by atoms with Crippen LogP contribution in [0.15, 0.2) is 24.3 Å². The molecule has 6 heteroatoms. The van der Waals surface area contributed by atoms with Gasteiger partial charge in [0.05, 0.1) is 18.1 Å². The normalized spacial score (nSPS) is 19.2. The molecule has 2 rings (SSSR count). The summed E-state index contributed by atoms with van der Waals surface area (Å²) in [6.45, 7) is 1.09. The van der Waals surface area contributed by atoms with E-state index in [0.29, 0.717) is 13.1 Å². The second-order valence-electron chi connectivity index (χ2n) is 4.77. The Morgan fingerprint density at radius 3 is 2.32 bits per heavy atom. The van der Waals surface area contributed by atoms with E-state index in [0.717, 1.165) is 5.56 Å². The number of rotatable bonds is 4. The summed E-state index contributed by atoms with van der Waals surface area (Å²) in [7, 11) is -2.91. The van der Waals surface area contributed by atoms with Crippen LogP contribution in [0.25, 0.3) is 0 Å². The highest BCUT2D eigenvalue weighted by Crippen LogP contribution is 2.07. The molecule has 0 amide bonds. The summed E-state index contributed by atoms with van der Waals surface area (Å²) in [5.74, 6) is -0.0588. The summed E-state index contributed by atoms with van der Waals surface area (Å²) in [6.07, 6.45) is 0.254. The summed E-state index contributed by atoms with van der Waals surface area (Å²) in [5.41, 5.74) is 0.774. The average molecular weight is 285 g/mol. The molecule has 19 heavy (non-hydrogen) atoms. The van der Waals surface area contributed by atoms with Gasteiger partial charge in [0.25, 0.3) is 0 Å². The Kier molecular flexibility index (Phi) is 4.31. The van der Waals surface area contributed by atoms with Crippen molar-refractivity contribution < 1.29 is 17.6 Å². The van der Waals surface area contributed by atoms with Gasteiger partial charge in [-0.15, -0.1) is 0 Å². The lowest BCUT2D eigenvalue weighted by Crippen LogP contribution is -2.43. The van der Waals surface area contributed by atoms with Gasteiger partial charge in [-0.1, -0.05) is 12.1 Å². The Morgan fingerprint density at radius 2 is 1.74 bits per heavy atom. The smallest absolute Gasteiger partial charge is 0.152 e. The van der Waals surface area contributed by atoms with Gasteiger partial charge < -0.3 is 0 Å². The molecule has 1 aliphatic heterocycles. The van der Waals surface area contributed by atoms with E-state index in [1.165, 1.54) is 12.1 Å².